The Morgan fingerprint density at radius 3 is 2.74 bits per heavy atom. The van der Waals surface area contributed by atoms with Crippen LogP contribution in [-0.2, 0) is 0 Å². The zero-order chi connectivity index (χ0) is 14.1. The van der Waals surface area contributed by atoms with E-state index in [1.165, 1.54) is 25.7 Å². The number of primary amides is 1. The van der Waals surface area contributed by atoms with E-state index in [0.29, 0.717) is 0 Å². The molecule has 4 heteroatoms. The number of unbranched alkanes of at least 4 members (excludes halogenated alkanes) is 4. The van der Waals surface area contributed by atoms with Crippen molar-refractivity contribution in [1.29, 1.82) is 0 Å². The van der Waals surface area contributed by atoms with Crippen molar-refractivity contribution < 1.29 is 4.79 Å². The van der Waals surface area contributed by atoms with Crippen molar-refractivity contribution in [3.8, 4) is 0 Å². The van der Waals surface area contributed by atoms with Gasteiger partial charge in [0.2, 0.25) is 0 Å². The molecule has 0 fully saturated rings. The molecule has 0 saturated heterocycles. The molecule has 0 bridgehead atoms. The van der Waals surface area contributed by atoms with Crippen LogP contribution in [0.15, 0.2) is 18.3 Å². The minimum Gasteiger partial charge on any atom is -0.352 e. The molecule has 1 heterocycles. The number of nitrogens with one attached hydrogen (secondary N) is 1. The van der Waals surface area contributed by atoms with E-state index in [1.54, 1.807) is 6.20 Å². The van der Waals surface area contributed by atoms with E-state index in [0.717, 1.165) is 24.1 Å². The number of carbonyl (C=O) groups excluding carboxylic acids is 1. The van der Waals surface area contributed by atoms with Crippen molar-refractivity contribution in [2.24, 2.45) is 5.73 Å². The van der Waals surface area contributed by atoms with Crippen LogP contribution in [0.3, 0.4) is 0 Å². The van der Waals surface area contributed by atoms with Gasteiger partial charge in [0.1, 0.15) is 0 Å². The van der Waals surface area contributed by atoms with Crippen molar-refractivity contribution in [3.63, 3.8) is 0 Å². The maximum Gasteiger partial charge on any atom is 0.312 e. The summed E-state index contributed by atoms with van der Waals surface area (Å²) in [4.78, 5) is 15.5. The predicted molar refractivity (Wildman–Crippen MR) is 77.8 cm³/mol. The topological polar surface area (TPSA) is 68.0 Å². The van der Waals surface area contributed by atoms with Crippen molar-refractivity contribution in [1.82, 2.24) is 10.3 Å². The van der Waals surface area contributed by atoms with Gasteiger partial charge >= 0.3 is 6.03 Å². The van der Waals surface area contributed by atoms with Gasteiger partial charge in [-0.25, -0.2) is 4.79 Å². The molecule has 0 aliphatic carbocycles. The summed E-state index contributed by atoms with van der Waals surface area (Å²) in [6, 6.07) is 3.36. The molecule has 4 nitrogen and oxygen atoms in total. The first-order valence-electron chi connectivity index (χ1n) is 7.12. The highest BCUT2D eigenvalue weighted by atomic mass is 16.2. The molecule has 1 rings (SSSR count). The number of carbonyl (C=O) groups is 1. The number of nitrogens with two attached hydrogens (primary N) is 1. The van der Waals surface area contributed by atoms with Crippen molar-refractivity contribution in [3.05, 3.63) is 29.6 Å². The molecule has 1 aromatic heterocycles. The fourth-order valence-electron chi connectivity index (χ4n) is 2.26. The number of aromatic nitrogens is 1. The first-order valence-corrected chi connectivity index (χ1v) is 7.12. The summed E-state index contributed by atoms with van der Waals surface area (Å²) in [5.41, 5.74) is 7.27. The van der Waals surface area contributed by atoms with Crippen LogP contribution in [0, 0.1) is 6.92 Å². The average molecular weight is 263 g/mol. The number of hydrogen-bond acceptors (Lipinski definition) is 2. The highest BCUT2D eigenvalue weighted by molar-refractivity contribution is 5.72. The van der Waals surface area contributed by atoms with Crippen molar-refractivity contribution in [2.75, 3.05) is 0 Å². The third-order valence-corrected chi connectivity index (χ3v) is 3.29. The van der Waals surface area contributed by atoms with Crippen LogP contribution >= 0.6 is 0 Å². The second kappa shape index (κ2) is 8.51. The Labute approximate surface area is 115 Å². The maximum atomic E-state index is 11.1. The van der Waals surface area contributed by atoms with Gasteiger partial charge in [0.15, 0.2) is 0 Å². The first-order chi connectivity index (χ1) is 9.15. The van der Waals surface area contributed by atoms with Gasteiger partial charge in [0, 0.05) is 6.20 Å². The van der Waals surface area contributed by atoms with E-state index in [4.69, 9.17) is 5.73 Å². The number of aryl methyl sites for hydroxylation is 1. The van der Waals surface area contributed by atoms with Gasteiger partial charge in [-0.15, -0.1) is 0 Å². The number of nitrogens with zero attached hydrogens (tertiary/aromatic N) is 1. The molecule has 0 aliphatic rings. The van der Waals surface area contributed by atoms with Crippen LogP contribution in [-0.4, -0.2) is 11.0 Å². The summed E-state index contributed by atoms with van der Waals surface area (Å²) >= 11 is 0. The van der Waals surface area contributed by atoms with Gasteiger partial charge in [-0.3, -0.25) is 4.98 Å². The lowest BCUT2D eigenvalue weighted by molar-refractivity contribution is 0.244. The van der Waals surface area contributed by atoms with Gasteiger partial charge in [0.25, 0.3) is 0 Å². The third kappa shape index (κ3) is 5.73. The van der Waals surface area contributed by atoms with E-state index in [-0.39, 0.29) is 6.04 Å². The molecule has 106 valence electrons. The van der Waals surface area contributed by atoms with Crippen LogP contribution in [0.4, 0.5) is 4.79 Å². The maximum absolute atomic E-state index is 11.1. The number of rotatable bonds is 8. The lowest BCUT2D eigenvalue weighted by Crippen LogP contribution is -2.34. The first kappa shape index (κ1) is 15.5. The SMILES string of the molecule is CCCCCCCC(NC(N)=O)c1ncccc1C. The normalized spacial score (nSPS) is 12.1. The summed E-state index contributed by atoms with van der Waals surface area (Å²) in [6.07, 6.45) is 8.69. The smallest absolute Gasteiger partial charge is 0.312 e. The molecular formula is C15H25N3O. The molecular weight excluding hydrogens is 238 g/mol. The standard InChI is InChI=1S/C15H25N3O/c1-3-4-5-6-7-10-13(18-15(16)19)14-12(2)9-8-11-17-14/h8-9,11,13H,3-7,10H2,1-2H3,(H3,16,18,19). The summed E-state index contributed by atoms with van der Waals surface area (Å²) < 4.78 is 0. The predicted octanol–water partition coefficient (Wildman–Crippen LogP) is 3.46. The van der Waals surface area contributed by atoms with E-state index >= 15 is 0 Å². The zero-order valence-corrected chi connectivity index (χ0v) is 12.0. The Kier molecular flexibility index (Phi) is 6.93. The van der Waals surface area contributed by atoms with Crippen LogP contribution in [0.5, 0.6) is 0 Å². The minimum atomic E-state index is -0.483. The molecule has 0 aliphatic heterocycles. The number of amides is 2. The molecule has 1 unspecified atom stereocenters. The van der Waals surface area contributed by atoms with Crippen molar-refractivity contribution in [2.45, 2.75) is 58.4 Å². The molecule has 3 N–H and O–H groups in total. The zero-order valence-electron chi connectivity index (χ0n) is 12.0. The molecule has 0 aromatic carbocycles. The highest BCUT2D eigenvalue weighted by Gasteiger charge is 2.15. The van der Waals surface area contributed by atoms with Gasteiger partial charge in [0.05, 0.1) is 11.7 Å². The van der Waals surface area contributed by atoms with Crippen LogP contribution < -0.4 is 11.1 Å². The van der Waals surface area contributed by atoms with Crippen LogP contribution in [0.2, 0.25) is 0 Å². The molecule has 0 radical (unpaired) electrons. The van der Waals surface area contributed by atoms with E-state index in [1.807, 2.05) is 19.1 Å². The Morgan fingerprint density at radius 1 is 1.37 bits per heavy atom. The largest absolute Gasteiger partial charge is 0.352 e. The molecule has 1 aromatic rings. The second-order valence-electron chi connectivity index (χ2n) is 4.97. The monoisotopic (exact) mass is 263 g/mol. The van der Waals surface area contributed by atoms with Crippen LogP contribution in [0.25, 0.3) is 0 Å². The fourth-order valence-corrected chi connectivity index (χ4v) is 2.26. The van der Waals surface area contributed by atoms with Gasteiger partial charge in [-0.1, -0.05) is 45.1 Å². The lowest BCUT2D eigenvalue weighted by Gasteiger charge is -2.18. The number of hydrogen-bond donors (Lipinski definition) is 2. The third-order valence-electron chi connectivity index (χ3n) is 3.29. The summed E-state index contributed by atoms with van der Waals surface area (Å²) in [5.74, 6) is 0. The number of urea groups is 1. The van der Waals surface area contributed by atoms with E-state index < -0.39 is 6.03 Å². The Hall–Kier alpha value is -1.58. The van der Waals surface area contributed by atoms with E-state index in [9.17, 15) is 4.79 Å². The van der Waals surface area contributed by atoms with Gasteiger partial charge < -0.3 is 11.1 Å². The fraction of sp³-hybridized carbons (Fsp3) is 0.600. The molecule has 0 spiro atoms. The molecule has 19 heavy (non-hydrogen) atoms. The Morgan fingerprint density at radius 2 is 2.11 bits per heavy atom. The molecule has 1 atom stereocenters. The molecule has 0 saturated carbocycles. The summed E-state index contributed by atoms with van der Waals surface area (Å²) in [5, 5.41) is 2.80. The quantitative estimate of drug-likeness (QED) is 0.705. The highest BCUT2D eigenvalue weighted by Crippen LogP contribution is 2.21. The Bertz CT molecular complexity index is 393. The minimum absolute atomic E-state index is 0.0691. The lowest BCUT2D eigenvalue weighted by atomic mass is 10.0. The average Bonchev–Trinajstić information content (AvgIpc) is 2.37. The van der Waals surface area contributed by atoms with Gasteiger partial charge in [-0.2, -0.15) is 0 Å². The second-order valence-corrected chi connectivity index (χ2v) is 4.97. The number of pyridine rings is 1. The van der Waals surface area contributed by atoms with Gasteiger partial charge in [-0.05, 0) is 25.0 Å². The Balaban J connectivity index is 2.57. The van der Waals surface area contributed by atoms with Crippen molar-refractivity contribution >= 4 is 6.03 Å². The van der Waals surface area contributed by atoms with E-state index in [2.05, 4.69) is 17.2 Å². The summed E-state index contributed by atoms with van der Waals surface area (Å²) in [6.45, 7) is 4.21. The van der Waals surface area contributed by atoms with Crippen LogP contribution in [0.1, 0.15) is 62.7 Å². The molecule has 2 amide bonds. The summed E-state index contributed by atoms with van der Waals surface area (Å²) in [7, 11) is 0.